The van der Waals surface area contributed by atoms with Gasteiger partial charge in [-0.05, 0) is 160 Å². The van der Waals surface area contributed by atoms with Gasteiger partial charge in [-0.2, -0.15) is 0 Å². The summed E-state index contributed by atoms with van der Waals surface area (Å²) in [7, 11) is 0. The van der Waals surface area contributed by atoms with Crippen LogP contribution in [-0.4, -0.2) is 160 Å². The van der Waals surface area contributed by atoms with Crippen LogP contribution in [0.4, 0.5) is 0 Å². The number of amides is 8. The third-order valence-electron chi connectivity index (χ3n) is 15.7. The summed E-state index contributed by atoms with van der Waals surface area (Å²) in [6.45, 7) is 8.99. The molecule has 0 saturated carbocycles. The topological polar surface area (TPSA) is 397 Å². The van der Waals surface area contributed by atoms with E-state index in [2.05, 4.69) is 49.4 Å². The number of aldehydes is 1. The molecule has 4 unspecified atom stereocenters. The summed E-state index contributed by atoms with van der Waals surface area (Å²) < 4.78 is 0. The lowest BCUT2D eigenvalue weighted by atomic mass is 9.71. The second kappa shape index (κ2) is 37.0. The van der Waals surface area contributed by atoms with Gasteiger partial charge in [0.1, 0.15) is 54.3 Å². The maximum absolute atomic E-state index is 15.1. The summed E-state index contributed by atoms with van der Waals surface area (Å²) in [6.07, 6.45) is 13.5. The van der Waals surface area contributed by atoms with Crippen LogP contribution in [0.1, 0.15) is 175 Å². The lowest BCUT2D eigenvalue weighted by molar-refractivity contribution is -0.142. The summed E-state index contributed by atoms with van der Waals surface area (Å²) >= 11 is 0. The molecule has 0 aromatic heterocycles. The average Bonchev–Trinajstić information content (AvgIpc) is 4.01. The van der Waals surface area contributed by atoms with Crippen LogP contribution in [-0.2, 0) is 54.4 Å². The highest BCUT2D eigenvalue weighted by Crippen LogP contribution is 2.38. The number of aliphatic carboxylic acids is 1. The molecule has 24 nitrogen and oxygen atoms in total. The maximum atomic E-state index is 15.1. The van der Waals surface area contributed by atoms with Crippen LogP contribution >= 0.6 is 0 Å². The average molecular weight is 1180 g/mol. The van der Waals surface area contributed by atoms with Crippen molar-refractivity contribution in [2.75, 3.05) is 26.2 Å². The van der Waals surface area contributed by atoms with Crippen LogP contribution in [0.5, 0.6) is 5.75 Å². The summed E-state index contributed by atoms with van der Waals surface area (Å²) in [5, 5.41) is 50.5. The normalized spacial score (nSPS) is 21.6. The molecule has 1 aromatic rings. The highest BCUT2D eigenvalue weighted by atomic mass is 16.4. The number of unbranched alkanes of at least 4 members (excludes halogenated alkanes) is 2. The van der Waals surface area contributed by atoms with E-state index >= 15 is 4.79 Å². The number of aromatic hydroxyl groups is 1. The van der Waals surface area contributed by atoms with Gasteiger partial charge in [-0.1, -0.05) is 64.3 Å². The van der Waals surface area contributed by atoms with Gasteiger partial charge in [-0.15, -0.1) is 0 Å². The van der Waals surface area contributed by atoms with Gasteiger partial charge in [0.15, 0.2) is 0 Å². The van der Waals surface area contributed by atoms with E-state index in [0.717, 1.165) is 25.7 Å². The summed E-state index contributed by atoms with van der Waals surface area (Å²) in [5.74, 6) is -6.63. The van der Waals surface area contributed by atoms with Crippen molar-refractivity contribution in [3.8, 4) is 5.75 Å². The number of phenols is 1. The predicted molar refractivity (Wildman–Crippen MR) is 317 cm³/mol. The summed E-state index contributed by atoms with van der Waals surface area (Å²) in [4.78, 5) is 137. The number of carboxylic acids is 1. The van der Waals surface area contributed by atoms with Crippen molar-refractivity contribution < 1.29 is 63.3 Å². The summed E-state index contributed by atoms with van der Waals surface area (Å²) in [5.41, 5.74) is 15.1. The lowest BCUT2D eigenvalue weighted by Gasteiger charge is -2.42. The fourth-order valence-corrected chi connectivity index (χ4v) is 11.1. The third kappa shape index (κ3) is 25.0. The van der Waals surface area contributed by atoms with Gasteiger partial charge >= 0.3 is 5.97 Å². The van der Waals surface area contributed by atoms with Crippen molar-refractivity contribution in [1.29, 1.82) is 0 Å². The van der Waals surface area contributed by atoms with Crippen molar-refractivity contribution in [2.45, 2.75) is 230 Å². The highest BCUT2D eigenvalue weighted by Gasteiger charge is 2.44. The third-order valence-corrected chi connectivity index (χ3v) is 15.7. The first kappa shape index (κ1) is 71.8. The van der Waals surface area contributed by atoms with Crippen LogP contribution in [0.2, 0.25) is 0 Å². The van der Waals surface area contributed by atoms with E-state index in [9.17, 15) is 58.5 Å². The Balaban J connectivity index is 1.94. The van der Waals surface area contributed by atoms with E-state index in [1.807, 2.05) is 20.8 Å². The molecule has 1 saturated heterocycles. The molecule has 2 aliphatic rings. The van der Waals surface area contributed by atoms with Gasteiger partial charge < -0.3 is 74.1 Å². The number of nitrogens with two attached hydrogens (primary N) is 3. The number of likely N-dealkylation sites (tertiary alicyclic amines) is 1. The van der Waals surface area contributed by atoms with Crippen LogP contribution in [0, 0.1) is 11.3 Å². The fourth-order valence-electron chi connectivity index (χ4n) is 11.1. The summed E-state index contributed by atoms with van der Waals surface area (Å²) in [6, 6.07) is -3.24. The minimum Gasteiger partial charge on any atom is -0.508 e. The largest absolute Gasteiger partial charge is 0.508 e. The molecule has 8 amide bonds. The number of hydrogen-bond acceptors (Lipinski definition) is 15. The van der Waals surface area contributed by atoms with E-state index in [0.29, 0.717) is 95.6 Å². The Morgan fingerprint density at radius 3 is 1.88 bits per heavy atom. The van der Waals surface area contributed by atoms with Crippen LogP contribution < -0.4 is 54.4 Å². The molecular weight excluding hydrogens is 1080 g/mol. The zero-order chi connectivity index (χ0) is 62.4. The number of phenolic OH excluding ortho intramolecular Hbond substituents is 1. The number of aliphatic hydroxyl groups is 1. The number of carboxylic acid groups (broad SMARTS) is 1. The fraction of sp³-hybridized carbons (Fsp3) is 0.700. The van der Waals surface area contributed by atoms with Crippen LogP contribution in [0.25, 0.3) is 0 Å². The second-order valence-corrected chi connectivity index (χ2v) is 23.8. The van der Waals surface area contributed by atoms with Gasteiger partial charge in [0.2, 0.25) is 47.3 Å². The zero-order valence-corrected chi connectivity index (χ0v) is 50.2. The van der Waals surface area contributed by atoms with E-state index in [1.54, 1.807) is 19.1 Å². The number of rotatable bonds is 33. The smallest absolute Gasteiger partial charge is 0.303 e. The Morgan fingerprint density at radius 2 is 1.27 bits per heavy atom. The van der Waals surface area contributed by atoms with Crippen LogP contribution in [0.3, 0.4) is 0 Å². The molecule has 24 heteroatoms. The molecular formula is C60H99N11O13. The highest BCUT2D eigenvalue weighted by molar-refractivity contribution is 5.97. The predicted octanol–water partition coefficient (Wildman–Crippen LogP) is 1.89. The minimum absolute atomic E-state index is 0.0298. The van der Waals surface area contributed by atoms with Crippen molar-refractivity contribution in [1.82, 2.24) is 42.1 Å². The number of allylic oxidation sites excluding steroid dienone is 2. The molecule has 1 aliphatic heterocycles. The minimum atomic E-state index is -1.46. The number of primary amides is 1. The van der Waals surface area contributed by atoms with Gasteiger partial charge in [0, 0.05) is 30.3 Å². The number of nitrogens with zero attached hydrogens (tertiary/aromatic N) is 1. The molecule has 1 fully saturated rings. The van der Waals surface area contributed by atoms with E-state index < -0.39 is 126 Å². The molecule has 84 heavy (non-hydrogen) atoms. The molecule has 1 heterocycles. The van der Waals surface area contributed by atoms with E-state index in [-0.39, 0.29) is 56.7 Å². The Bertz CT molecular complexity index is 2340. The van der Waals surface area contributed by atoms with E-state index in [1.165, 1.54) is 24.0 Å². The number of benzene rings is 1. The number of carbonyl (C=O) groups is 10. The first-order valence-electron chi connectivity index (χ1n) is 30.2. The monoisotopic (exact) mass is 1180 g/mol. The lowest BCUT2D eigenvalue weighted by Crippen LogP contribution is -2.61. The van der Waals surface area contributed by atoms with Gasteiger partial charge in [0.25, 0.3) is 0 Å². The maximum Gasteiger partial charge on any atom is 0.303 e. The molecule has 0 bridgehead atoms. The van der Waals surface area contributed by atoms with Crippen molar-refractivity contribution in [2.24, 2.45) is 28.5 Å². The Labute approximate surface area is 495 Å². The number of hydrogen-bond donors (Lipinski definition) is 13. The molecule has 0 radical (unpaired) electrons. The molecule has 16 N–H and O–H groups in total. The molecule has 3 rings (SSSR count). The van der Waals surface area contributed by atoms with E-state index in [4.69, 9.17) is 17.2 Å². The number of aliphatic hydroxyl groups excluding tert-OH is 1. The molecule has 10 atom stereocenters. The Hall–Kier alpha value is -6.50. The molecule has 1 aromatic carbocycles. The van der Waals surface area contributed by atoms with Crippen LogP contribution in [0.15, 0.2) is 36.4 Å². The van der Waals surface area contributed by atoms with Crippen molar-refractivity contribution >= 4 is 59.5 Å². The first-order chi connectivity index (χ1) is 39.9. The Kier molecular flexibility index (Phi) is 31.6. The van der Waals surface area contributed by atoms with Crippen molar-refractivity contribution in [3.05, 3.63) is 42.0 Å². The number of carbonyl (C=O) groups excluding carboxylic acids is 9. The molecule has 1 aliphatic carbocycles. The molecule has 0 spiro atoms. The van der Waals surface area contributed by atoms with Gasteiger partial charge in [-0.3, -0.25) is 48.5 Å². The SMILES string of the molecule is CC(C)C[C@@H](C=O)NC(=O)C(Cc1ccc(O)cc1)NC(=O)[C@H](CCC(=O)O)NC(=O)C1(C)CCC/C=C/CCCCCCC(C)(N[C@H](CO)C(=O)N[C@@H](CCCCN)C(=O)NC(C)C(=O)N2CCC[C@H]2C(=O)N[C@@H](CCCCN)C(N)=O)C1. The van der Waals surface area contributed by atoms with Crippen molar-refractivity contribution in [3.63, 3.8) is 0 Å². The first-order valence-corrected chi connectivity index (χ1v) is 30.2. The quantitative estimate of drug-likeness (QED) is 0.0271. The Morgan fingerprint density at radius 1 is 0.690 bits per heavy atom. The zero-order valence-electron chi connectivity index (χ0n) is 50.2. The second-order valence-electron chi connectivity index (χ2n) is 23.8. The standard InChI is InChI=1S/C60H99N11O13/c1-39(2)34-42(36-72)65-54(80)47(35-41-23-25-43(74)26-24-41)68-53(79)46(27-28-50(75)76)69-58(84)59(4)29-15-11-9-7-6-8-10-12-16-30-60(5,38-59)70-48(37-73)55(81)67-45(21-14-18-32-62)52(78)64-40(3)57(83)71-33-19-22-49(71)56(82)66-44(51(63)77)20-13-17-31-61/h7,9,23-26,36,39-40,42,44-49,70,73-74H,6,8,10-22,27-35,37-38,61-62H2,1-5H3,(H2,63,77)(H,64,78)(H,65,80)(H,66,82)(H,67,81)(H,68,79)(H,69,84)(H,75,76)/b9-7+/t40?,42-,44-,45-,46-,47?,48+,49-,59?,60?/m0/s1. The van der Waals surface area contributed by atoms with Gasteiger partial charge in [0.05, 0.1) is 12.6 Å². The number of nitrogens with one attached hydrogen (secondary N) is 7. The van der Waals surface area contributed by atoms with Gasteiger partial charge in [-0.25, -0.2) is 0 Å². The molecule has 472 valence electrons.